The fraction of sp³-hybridized carbons (Fsp3) is 0.231. The number of thiophene rings is 1. The zero-order chi connectivity index (χ0) is 12.3. The molecule has 0 aliphatic rings. The molecule has 0 aliphatic carbocycles. The Balaban J connectivity index is 1.99. The lowest BCUT2D eigenvalue weighted by atomic mass is 10.0. The highest BCUT2D eigenvalue weighted by atomic mass is 32.1. The first-order valence-electron chi connectivity index (χ1n) is 5.31. The summed E-state index contributed by atoms with van der Waals surface area (Å²) in [5.74, 6) is -1.81. The lowest BCUT2D eigenvalue weighted by molar-refractivity contribution is 0.167. The van der Waals surface area contributed by atoms with Crippen LogP contribution in [0.15, 0.2) is 35.0 Å². The molecule has 0 amide bonds. The van der Waals surface area contributed by atoms with Crippen LogP contribution in [0.1, 0.15) is 23.7 Å². The van der Waals surface area contributed by atoms with Gasteiger partial charge >= 0.3 is 0 Å². The summed E-state index contributed by atoms with van der Waals surface area (Å²) in [6.07, 6.45) is 0.468. The van der Waals surface area contributed by atoms with Crippen molar-refractivity contribution >= 4 is 11.3 Å². The van der Waals surface area contributed by atoms with Gasteiger partial charge in [-0.1, -0.05) is 6.07 Å². The van der Waals surface area contributed by atoms with E-state index in [-0.39, 0.29) is 0 Å². The van der Waals surface area contributed by atoms with Crippen LogP contribution in [0.2, 0.25) is 0 Å². The van der Waals surface area contributed by atoms with Crippen molar-refractivity contribution in [3.05, 3.63) is 57.8 Å². The third kappa shape index (κ3) is 3.11. The van der Waals surface area contributed by atoms with E-state index < -0.39 is 17.7 Å². The maximum absolute atomic E-state index is 13.0. The molecule has 0 bridgehead atoms. The summed E-state index contributed by atoms with van der Waals surface area (Å²) in [6, 6.07) is 5.49. The second kappa shape index (κ2) is 5.38. The molecule has 0 spiro atoms. The third-order valence-corrected chi connectivity index (χ3v) is 3.35. The second-order valence-corrected chi connectivity index (χ2v) is 4.64. The second-order valence-electron chi connectivity index (χ2n) is 3.86. The minimum atomic E-state index is -0.919. The van der Waals surface area contributed by atoms with Crippen molar-refractivity contribution in [3.63, 3.8) is 0 Å². The van der Waals surface area contributed by atoms with Gasteiger partial charge in [-0.25, -0.2) is 8.78 Å². The monoisotopic (exact) mass is 254 g/mol. The highest BCUT2D eigenvalue weighted by Crippen LogP contribution is 2.21. The number of halogens is 2. The fourth-order valence-corrected chi connectivity index (χ4v) is 2.33. The quantitative estimate of drug-likeness (QED) is 0.882. The first kappa shape index (κ1) is 12.2. The molecule has 1 unspecified atom stereocenters. The predicted octanol–water partition coefficient (Wildman–Crippen LogP) is 3.69. The van der Waals surface area contributed by atoms with Crippen LogP contribution in [0, 0.1) is 11.6 Å². The molecule has 0 saturated carbocycles. The number of aliphatic hydroxyl groups excluding tert-OH is 1. The smallest absolute Gasteiger partial charge is 0.159 e. The van der Waals surface area contributed by atoms with E-state index in [1.165, 1.54) is 6.07 Å². The van der Waals surface area contributed by atoms with Crippen LogP contribution >= 0.6 is 11.3 Å². The molecule has 1 atom stereocenters. The zero-order valence-electron chi connectivity index (χ0n) is 9.07. The van der Waals surface area contributed by atoms with E-state index in [2.05, 4.69) is 0 Å². The van der Waals surface area contributed by atoms with Gasteiger partial charge in [0.1, 0.15) is 0 Å². The lowest BCUT2D eigenvalue weighted by Gasteiger charge is -2.10. The standard InChI is InChI=1S/C13H12F2OS/c14-11-3-2-10(7-12(11)15)13(16)4-1-9-5-6-17-8-9/h2-3,5-8,13,16H,1,4H2. The zero-order valence-corrected chi connectivity index (χ0v) is 9.88. The Bertz CT molecular complexity index is 482. The van der Waals surface area contributed by atoms with Crippen LogP contribution in [-0.2, 0) is 6.42 Å². The molecule has 90 valence electrons. The maximum Gasteiger partial charge on any atom is 0.159 e. The van der Waals surface area contributed by atoms with Crippen LogP contribution in [0.3, 0.4) is 0 Å². The molecular weight excluding hydrogens is 242 g/mol. The van der Waals surface area contributed by atoms with Crippen molar-refractivity contribution < 1.29 is 13.9 Å². The van der Waals surface area contributed by atoms with Crippen molar-refractivity contribution in [2.24, 2.45) is 0 Å². The summed E-state index contributed by atoms with van der Waals surface area (Å²) in [6.45, 7) is 0. The SMILES string of the molecule is OC(CCc1ccsc1)c1ccc(F)c(F)c1. The van der Waals surface area contributed by atoms with Crippen molar-refractivity contribution in [1.29, 1.82) is 0 Å². The largest absolute Gasteiger partial charge is 0.388 e. The Hall–Kier alpha value is -1.26. The number of aliphatic hydroxyl groups is 1. The van der Waals surface area contributed by atoms with Crippen molar-refractivity contribution in [1.82, 2.24) is 0 Å². The molecule has 0 fully saturated rings. The molecule has 1 aromatic heterocycles. The van der Waals surface area contributed by atoms with Crippen LogP contribution < -0.4 is 0 Å². The van der Waals surface area contributed by atoms with E-state index in [0.29, 0.717) is 12.0 Å². The van der Waals surface area contributed by atoms with Crippen molar-refractivity contribution in [3.8, 4) is 0 Å². The first-order valence-corrected chi connectivity index (χ1v) is 6.25. The van der Waals surface area contributed by atoms with Crippen LogP contribution in [0.25, 0.3) is 0 Å². The van der Waals surface area contributed by atoms with Crippen molar-refractivity contribution in [2.75, 3.05) is 0 Å². The van der Waals surface area contributed by atoms with Gasteiger partial charge in [0.05, 0.1) is 6.10 Å². The number of hydrogen-bond acceptors (Lipinski definition) is 2. The minimum Gasteiger partial charge on any atom is -0.388 e. The Morgan fingerprint density at radius 2 is 2.00 bits per heavy atom. The summed E-state index contributed by atoms with van der Waals surface area (Å²) in [5.41, 5.74) is 1.57. The number of aryl methyl sites for hydroxylation is 1. The van der Waals surface area contributed by atoms with Gasteiger partial charge in [-0.2, -0.15) is 11.3 Å². The molecule has 4 heteroatoms. The van der Waals surface area contributed by atoms with E-state index in [9.17, 15) is 13.9 Å². The van der Waals surface area contributed by atoms with Gasteiger partial charge in [0, 0.05) is 0 Å². The average molecular weight is 254 g/mol. The van der Waals surface area contributed by atoms with E-state index >= 15 is 0 Å². The summed E-state index contributed by atoms with van der Waals surface area (Å²) in [4.78, 5) is 0. The molecule has 2 rings (SSSR count). The molecule has 0 aliphatic heterocycles. The van der Waals surface area contributed by atoms with E-state index in [1.807, 2.05) is 16.8 Å². The summed E-state index contributed by atoms with van der Waals surface area (Å²) < 4.78 is 25.7. The number of rotatable bonds is 4. The molecule has 1 aromatic carbocycles. The van der Waals surface area contributed by atoms with Crippen LogP contribution in [0.5, 0.6) is 0 Å². The first-order chi connectivity index (χ1) is 8.16. The van der Waals surface area contributed by atoms with Gasteiger partial charge in [0.25, 0.3) is 0 Å². The van der Waals surface area contributed by atoms with Crippen LogP contribution in [-0.4, -0.2) is 5.11 Å². The molecule has 1 nitrogen and oxygen atoms in total. The van der Waals surface area contributed by atoms with Gasteiger partial charge in [-0.3, -0.25) is 0 Å². The summed E-state index contributed by atoms with van der Waals surface area (Å²) >= 11 is 1.60. The molecule has 0 radical (unpaired) electrons. The Morgan fingerprint density at radius 3 is 2.65 bits per heavy atom. The third-order valence-electron chi connectivity index (χ3n) is 2.61. The molecule has 17 heavy (non-hydrogen) atoms. The average Bonchev–Trinajstić information content (AvgIpc) is 2.82. The minimum absolute atomic E-state index is 0.416. The van der Waals surface area contributed by atoms with Gasteiger partial charge in [0.15, 0.2) is 11.6 Å². The highest BCUT2D eigenvalue weighted by molar-refractivity contribution is 7.07. The van der Waals surface area contributed by atoms with E-state index in [1.54, 1.807) is 11.3 Å². The topological polar surface area (TPSA) is 20.2 Å². The number of benzene rings is 1. The number of hydrogen-bond donors (Lipinski definition) is 1. The summed E-state index contributed by atoms with van der Waals surface area (Å²) in [7, 11) is 0. The van der Waals surface area contributed by atoms with Crippen molar-refractivity contribution in [2.45, 2.75) is 18.9 Å². The predicted molar refractivity (Wildman–Crippen MR) is 64.0 cm³/mol. The Kier molecular flexibility index (Phi) is 3.86. The maximum atomic E-state index is 13.0. The lowest BCUT2D eigenvalue weighted by Crippen LogP contribution is -2.00. The van der Waals surface area contributed by atoms with Gasteiger partial charge in [0.2, 0.25) is 0 Å². The Labute approximate surface area is 102 Å². The van der Waals surface area contributed by atoms with Gasteiger partial charge in [-0.15, -0.1) is 0 Å². The molecule has 2 aromatic rings. The molecular formula is C13H12F2OS. The van der Waals surface area contributed by atoms with E-state index in [4.69, 9.17) is 0 Å². The fourth-order valence-electron chi connectivity index (χ4n) is 1.62. The molecule has 1 heterocycles. The molecule has 0 saturated heterocycles. The molecule has 1 N–H and O–H groups in total. The summed E-state index contributed by atoms with van der Waals surface area (Å²) in [5, 5.41) is 13.8. The highest BCUT2D eigenvalue weighted by Gasteiger charge is 2.11. The van der Waals surface area contributed by atoms with Crippen LogP contribution in [0.4, 0.5) is 8.78 Å². The van der Waals surface area contributed by atoms with Gasteiger partial charge in [-0.05, 0) is 52.9 Å². The Morgan fingerprint density at radius 1 is 1.18 bits per heavy atom. The van der Waals surface area contributed by atoms with Gasteiger partial charge < -0.3 is 5.11 Å². The normalized spacial score (nSPS) is 12.6. The van der Waals surface area contributed by atoms with E-state index in [0.717, 1.165) is 24.1 Å².